The van der Waals surface area contributed by atoms with E-state index in [9.17, 15) is 67.6 Å². The van der Waals surface area contributed by atoms with Gasteiger partial charge in [0.2, 0.25) is 0 Å². The Kier molecular flexibility index (Phi) is 26.0. The highest BCUT2D eigenvalue weighted by molar-refractivity contribution is 7.91. The highest BCUT2D eigenvalue weighted by atomic mass is 35.5. The van der Waals surface area contributed by atoms with Crippen molar-refractivity contribution in [2.24, 2.45) is 0 Å². The van der Waals surface area contributed by atoms with Gasteiger partial charge in [-0.3, -0.25) is 45.0 Å². The first-order valence-corrected chi connectivity index (χ1v) is 37.5. The van der Waals surface area contributed by atoms with Crippen molar-refractivity contribution in [2.45, 2.75) is 0 Å². The number of para-hydroxylation sites is 1. The van der Waals surface area contributed by atoms with Crippen LogP contribution in [0.1, 0.15) is 78.8 Å². The molecule has 12 rings (SSSR count). The lowest BCUT2D eigenvalue weighted by atomic mass is 10.1. The van der Waals surface area contributed by atoms with Gasteiger partial charge in [0.15, 0.2) is 19.7 Å². The summed E-state index contributed by atoms with van der Waals surface area (Å²) in [5, 5.41) is 41.1. The number of amides is 6. The molecule has 6 amide bonds. The molecule has 6 aromatic carbocycles. The topological polar surface area (TPSA) is 366 Å². The third-order valence-corrected chi connectivity index (χ3v) is 20.8. The fourth-order valence-corrected chi connectivity index (χ4v) is 13.6. The van der Waals surface area contributed by atoms with Crippen LogP contribution in [0.3, 0.4) is 0 Å². The van der Waals surface area contributed by atoms with Crippen LogP contribution >= 0.6 is 34.8 Å². The quantitative estimate of drug-likeness (QED) is 0.0261. The number of anilines is 6. The van der Waals surface area contributed by atoms with Crippen LogP contribution in [-0.4, -0.2) is 187 Å². The third-order valence-electron chi connectivity index (χ3n) is 16.9. The number of aromatic nitrogens is 3. The van der Waals surface area contributed by atoms with Crippen LogP contribution in [-0.2, 0) is 19.7 Å². The molecule has 564 valence electrons. The van der Waals surface area contributed by atoms with Crippen LogP contribution in [0.2, 0.25) is 15.1 Å². The van der Waals surface area contributed by atoms with Crippen LogP contribution < -0.4 is 31.9 Å². The predicted octanol–water partition coefficient (Wildman–Crippen LogP) is 11.1. The Labute approximate surface area is 635 Å². The van der Waals surface area contributed by atoms with E-state index < -0.39 is 84.2 Å². The number of likely N-dealkylation sites (N-methyl/N-ethyl adjacent to an activating group) is 1. The van der Waals surface area contributed by atoms with E-state index in [1.54, 1.807) is 23.1 Å². The second-order valence-corrected chi connectivity index (χ2v) is 30.3. The summed E-state index contributed by atoms with van der Waals surface area (Å²) in [6, 6.07) is 32.8. The van der Waals surface area contributed by atoms with E-state index in [-0.39, 0.29) is 146 Å². The number of rotatable bonds is 15. The molecule has 9 aromatic rings. The van der Waals surface area contributed by atoms with Gasteiger partial charge in [-0.2, -0.15) is 0 Å². The van der Waals surface area contributed by atoms with Crippen LogP contribution in [0.25, 0.3) is 0 Å². The van der Waals surface area contributed by atoms with Crippen LogP contribution in [0.4, 0.5) is 56.5 Å². The molecule has 3 aliphatic rings. The second-order valence-electron chi connectivity index (χ2n) is 24.4. The molecule has 0 bridgehead atoms. The Morgan fingerprint density at radius 2 is 0.661 bits per heavy atom. The highest BCUT2D eigenvalue weighted by Gasteiger charge is 2.29. The maximum absolute atomic E-state index is 14.9. The molecular formula is C73H64Cl3F5N16O10S2. The number of hydrogen-bond acceptors (Lipinski definition) is 17. The summed E-state index contributed by atoms with van der Waals surface area (Å²) < 4.78 is 119. The van der Waals surface area contributed by atoms with E-state index >= 15 is 0 Å². The average Bonchev–Trinajstić information content (AvgIpc) is 0.821. The largest absolute Gasteiger partial charge is 0.355 e. The van der Waals surface area contributed by atoms with Gasteiger partial charge in [-0.05, 0) is 128 Å². The summed E-state index contributed by atoms with van der Waals surface area (Å²) in [5.41, 5.74) is -0.338. The molecular weight excluding hydrogens is 1530 g/mol. The van der Waals surface area contributed by atoms with Gasteiger partial charge in [-0.25, -0.2) is 53.7 Å². The minimum atomic E-state index is -3.15. The Hall–Kier alpha value is -11.6. The number of sulfone groups is 2. The molecule has 26 nitrogen and oxygen atoms in total. The number of nitrogens with zero attached hydrogens (tertiary/aromatic N) is 7. The molecule has 3 aromatic heterocycles. The van der Waals surface area contributed by atoms with Crippen molar-refractivity contribution in [3.05, 3.63) is 264 Å². The summed E-state index contributed by atoms with van der Waals surface area (Å²) in [6.45, 7) is 3.43. The molecule has 6 heterocycles. The first-order valence-electron chi connectivity index (χ1n) is 32.8. The van der Waals surface area contributed by atoms with Crippen molar-refractivity contribution < 1.29 is 67.6 Å². The SMILES string of the molecule is CN1CCN(C(=N)c2ccc(C(=O)Nc3ccc(F)cc3C(=O)Nc3ccc(Cl)cn3)c(F)c2)CC1.N=C(c1ccc(C(=O)Nc2ccc(F)cc2C(=O)Nc2ccc(Cl)cn2)c(F)c1)N1CCS(=O)(=O)CC1.N=C(c1ccc(C(=O)Nc2ccccc2C(=O)Nc2ccc(Cl)cn2)c(F)c1)N1CCS(=O)(=O)CC1. The minimum absolute atomic E-state index is 0.0125. The second kappa shape index (κ2) is 35.4. The fraction of sp³-hybridized carbons (Fsp3) is 0.178. The Morgan fingerprint density at radius 1 is 0.358 bits per heavy atom. The lowest BCUT2D eigenvalue weighted by Crippen LogP contribution is -2.47. The number of halogens is 8. The normalized spacial score (nSPS) is 14.4. The first-order chi connectivity index (χ1) is 51.9. The van der Waals surface area contributed by atoms with E-state index in [1.807, 2.05) is 11.9 Å². The monoisotopic (exact) mass is 1590 g/mol. The zero-order valence-corrected chi connectivity index (χ0v) is 61.1. The molecule has 3 fully saturated rings. The Bertz CT molecular complexity index is 5260. The smallest absolute Gasteiger partial charge is 0.259 e. The summed E-state index contributed by atoms with van der Waals surface area (Å²) in [6.07, 6.45) is 4.02. The number of piperazine rings is 1. The summed E-state index contributed by atoms with van der Waals surface area (Å²) in [4.78, 5) is 95.6. The highest BCUT2D eigenvalue weighted by Crippen LogP contribution is 2.27. The van der Waals surface area contributed by atoms with Gasteiger partial charge < -0.3 is 51.5 Å². The zero-order valence-electron chi connectivity index (χ0n) is 57.2. The number of carbonyl (C=O) groups is 6. The van der Waals surface area contributed by atoms with Crippen molar-refractivity contribution in [1.82, 2.24) is 34.6 Å². The Balaban J connectivity index is 0.000000174. The lowest BCUT2D eigenvalue weighted by Gasteiger charge is -2.34. The van der Waals surface area contributed by atoms with E-state index in [1.165, 1.54) is 114 Å². The molecule has 0 unspecified atom stereocenters. The van der Waals surface area contributed by atoms with E-state index in [4.69, 9.17) is 51.0 Å². The summed E-state index contributed by atoms with van der Waals surface area (Å²) in [7, 11) is -4.27. The predicted molar refractivity (Wildman–Crippen MR) is 404 cm³/mol. The maximum Gasteiger partial charge on any atom is 0.259 e. The summed E-state index contributed by atoms with van der Waals surface area (Å²) >= 11 is 17.4. The van der Waals surface area contributed by atoms with Gasteiger partial charge in [-0.1, -0.05) is 65.1 Å². The van der Waals surface area contributed by atoms with Gasteiger partial charge in [0.1, 0.15) is 64.0 Å². The number of carbonyl (C=O) groups excluding carboxylic acids is 6. The molecule has 0 aliphatic carbocycles. The minimum Gasteiger partial charge on any atom is -0.355 e. The van der Waals surface area contributed by atoms with Crippen LogP contribution in [0.5, 0.6) is 0 Å². The van der Waals surface area contributed by atoms with Gasteiger partial charge >= 0.3 is 0 Å². The molecule has 0 atom stereocenters. The van der Waals surface area contributed by atoms with Gasteiger partial charge in [-0.15, -0.1) is 0 Å². The summed E-state index contributed by atoms with van der Waals surface area (Å²) in [5.74, 6) is -8.20. The molecule has 3 aliphatic heterocycles. The van der Waals surface area contributed by atoms with E-state index in [2.05, 4.69) is 51.8 Å². The number of benzene rings is 6. The Morgan fingerprint density at radius 3 is 0.982 bits per heavy atom. The average molecular weight is 1590 g/mol. The number of pyridine rings is 3. The van der Waals surface area contributed by atoms with Crippen molar-refractivity contribution in [3.63, 3.8) is 0 Å². The van der Waals surface area contributed by atoms with Crippen molar-refractivity contribution in [2.75, 3.05) is 114 Å². The lowest BCUT2D eigenvalue weighted by molar-refractivity contribution is 0.100. The molecule has 3 saturated heterocycles. The van der Waals surface area contributed by atoms with Crippen molar-refractivity contribution in [3.8, 4) is 0 Å². The fourth-order valence-electron chi connectivity index (χ4n) is 10.9. The molecule has 0 radical (unpaired) electrons. The third kappa shape index (κ3) is 21.4. The van der Waals surface area contributed by atoms with Gasteiger partial charge in [0.05, 0.1) is 88.5 Å². The van der Waals surface area contributed by atoms with Crippen LogP contribution in [0, 0.1) is 45.3 Å². The molecule has 36 heteroatoms. The number of amidine groups is 3. The number of nitrogens with one attached hydrogen (secondary N) is 9. The molecule has 0 saturated carbocycles. The number of hydrogen-bond donors (Lipinski definition) is 9. The molecule has 109 heavy (non-hydrogen) atoms. The van der Waals surface area contributed by atoms with Gasteiger partial charge in [0, 0.05) is 87.6 Å². The van der Waals surface area contributed by atoms with Gasteiger partial charge in [0.25, 0.3) is 35.4 Å². The van der Waals surface area contributed by atoms with Crippen LogP contribution in [0.15, 0.2) is 170 Å². The van der Waals surface area contributed by atoms with E-state index in [0.29, 0.717) is 33.7 Å². The molecule has 9 N–H and O–H groups in total. The maximum atomic E-state index is 14.9. The first kappa shape index (κ1) is 79.9. The standard InChI is InChI=1S/C25H23ClF2N6O2.C24H20ClF2N5O4S.C24H21ClFN5O4S/c1-33-8-10-34(11-9-33)23(29)15-2-5-18(20(28)12-15)24(35)31-21-6-4-17(27)13-19(21)25(36)32-22-7-3-16(26)14-30-22;25-15-2-6-21(29-13-15)31-24(34)18-12-16(26)3-5-20(18)30-23(33)17-4-1-14(11-19(17)27)22(28)32-7-9-37(35,36)10-8-32;25-16-6-8-21(28-14-16)30-24(33)18-3-1-2-4-20(18)29-23(32)17-7-5-15(13-19(17)26)22(27)31-9-11-36(34,35)12-10-31/h2-7,12-14,29H,8-11H2,1H3,(H,31,35)(H,30,32,36);1-6,11-13,28H,7-10H2,(H,30,33)(H,29,31,34);1-8,13-14,27H,9-12H2,(H,29,32)(H,28,30,33). The van der Waals surface area contributed by atoms with Crippen molar-refractivity contribution in [1.29, 1.82) is 16.2 Å². The zero-order chi connectivity index (χ0) is 78.4. The van der Waals surface area contributed by atoms with Crippen molar-refractivity contribution >= 4 is 142 Å². The van der Waals surface area contributed by atoms with E-state index in [0.717, 1.165) is 55.6 Å². The molecule has 0 spiro atoms.